The third-order valence-corrected chi connectivity index (χ3v) is 10.1. The number of benzene rings is 2. The number of carbonyl (C=O) groups is 2. The highest BCUT2D eigenvalue weighted by Crippen LogP contribution is 2.44. The normalized spacial score (nSPS) is 22.6. The molecule has 0 spiro atoms. The summed E-state index contributed by atoms with van der Waals surface area (Å²) in [5, 5.41) is 18.2. The molecule has 0 saturated carbocycles. The molecule has 5 rings (SSSR count). The highest BCUT2D eigenvalue weighted by atomic mass is 79.9. The van der Waals surface area contributed by atoms with Gasteiger partial charge < -0.3 is 20.1 Å². The summed E-state index contributed by atoms with van der Waals surface area (Å²) in [4.78, 5) is 35.3. The summed E-state index contributed by atoms with van der Waals surface area (Å²) in [6, 6.07) is 11.2. The van der Waals surface area contributed by atoms with Crippen LogP contribution < -0.4 is 20.1 Å². The molecule has 3 aliphatic rings. The van der Waals surface area contributed by atoms with Crippen molar-refractivity contribution in [2.24, 2.45) is 0 Å². The van der Waals surface area contributed by atoms with Crippen LogP contribution in [-0.4, -0.2) is 46.4 Å². The van der Waals surface area contributed by atoms with E-state index in [0.29, 0.717) is 51.8 Å². The Kier molecular flexibility index (Phi) is 9.92. The number of hydrogen-bond donors (Lipinski definition) is 2. The van der Waals surface area contributed by atoms with Crippen LogP contribution in [0.25, 0.3) is 6.08 Å². The molecular weight excluding hydrogens is 678 g/mol. The van der Waals surface area contributed by atoms with Crippen molar-refractivity contribution in [3.8, 4) is 11.5 Å². The van der Waals surface area contributed by atoms with Gasteiger partial charge in [0.25, 0.3) is 5.70 Å². The largest absolute Gasteiger partial charge is 0.494 e. The molecule has 41 heavy (non-hydrogen) atoms. The van der Waals surface area contributed by atoms with Crippen LogP contribution in [0.15, 0.2) is 51.0 Å². The number of halogens is 2. The molecule has 2 fully saturated rings. The van der Waals surface area contributed by atoms with E-state index in [1.54, 1.807) is 24.3 Å². The molecule has 2 aromatic rings. The van der Waals surface area contributed by atoms with Gasteiger partial charge in [-0.3, -0.25) is 14.9 Å². The van der Waals surface area contributed by atoms with E-state index in [4.69, 9.17) is 9.47 Å². The van der Waals surface area contributed by atoms with Gasteiger partial charge in [-0.05, 0) is 65.9 Å². The van der Waals surface area contributed by atoms with E-state index < -0.39 is 11.0 Å². The van der Waals surface area contributed by atoms with Crippen LogP contribution in [0.4, 0.5) is 4.79 Å². The maximum atomic E-state index is 12.3. The lowest BCUT2D eigenvalue weighted by Gasteiger charge is -2.24. The number of ether oxygens (including phenoxy) is 2. The molecule has 3 heterocycles. The van der Waals surface area contributed by atoms with Gasteiger partial charge >= 0.3 is 6.03 Å². The van der Waals surface area contributed by atoms with Crippen molar-refractivity contribution >= 4 is 61.5 Å². The second-order valence-corrected chi connectivity index (χ2v) is 13.5. The molecule has 218 valence electrons. The highest BCUT2D eigenvalue weighted by molar-refractivity contribution is 9.10. The lowest BCUT2D eigenvalue weighted by Crippen LogP contribution is -2.36. The van der Waals surface area contributed by atoms with Gasteiger partial charge in [-0.1, -0.05) is 34.5 Å². The topological polar surface area (TPSA) is 120 Å². The number of Topliss-reactive ketones (excluding diaryl/α,β-unsaturated/α-hetero) is 1. The predicted octanol–water partition coefficient (Wildman–Crippen LogP) is 6.81. The van der Waals surface area contributed by atoms with Gasteiger partial charge in [-0.15, -0.1) is 0 Å². The summed E-state index contributed by atoms with van der Waals surface area (Å²) >= 11 is 8.82. The number of nitrogens with one attached hydrogen (secondary N) is 2. The van der Waals surface area contributed by atoms with Crippen molar-refractivity contribution in [1.82, 2.24) is 10.6 Å². The molecule has 4 atom stereocenters. The molecule has 2 aromatic carbocycles. The van der Waals surface area contributed by atoms with E-state index in [1.165, 1.54) is 6.08 Å². The van der Waals surface area contributed by atoms with Crippen molar-refractivity contribution in [2.45, 2.75) is 68.4 Å². The van der Waals surface area contributed by atoms with E-state index in [0.717, 1.165) is 42.3 Å². The summed E-state index contributed by atoms with van der Waals surface area (Å²) in [7, 11) is 0. The quantitative estimate of drug-likeness (QED) is 0.102. The van der Waals surface area contributed by atoms with Gasteiger partial charge in [0.15, 0.2) is 0 Å². The number of nitro groups is 1. The third kappa shape index (κ3) is 7.45. The van der Waals surface area contributed by atoms with E-state index in [9.17, 15) is 19.7 Å². The van der Waals surface area contributed by atoms with Gasteiger partial charge in [0, 0.05) is 45.5 Å². The van der Waals surface area contributed by atoms with Gasteiger partial charge in [-0.25, -0.2) is 4.79 Å². The van der Waals surface area contributed by atoms with E-state index in [-0.39, 0.29) is 29.6 Å². The van der Waals surface area contributed by atoms with Gasteiger partial charge in [0.2, 0.25) is 6.10 Å². The highest BCUT2D eigenvalue weighted by Gasteiger charge is 2.42. The number of amides is 2. The first-order valence-electron chi connectivity index (χ1n) is 13.7. The zero-order valence-electron chi connectivity index (χ0n) is 22.3. The fourth-order valence-corrected chi connectivity index (χ4v) is 7.75. The summed E-state index contributed by atoms with van der Waals surface area (Å²) < 4.78 is 13.5. The molecule has 2 N–H and O–H groups in total. The maximum absolute atomic E-state index is 12.3. The monoisotopic (exact) mass is 707 g/mol. The van der Waals surface area contributed by atoms with E-state index in [1.807, 2.05) is 23.9 Å². The minimum atomic E-state index is -0.826. The number of thioether (sulfide) groups is 1. The molecule has 2 unspecified atom stereocenters. The van der Waals surface area contributed by atoms with Crippen LogP contribution in [0.1, 0.15) is 62.2 Å². The summed E-state index contributed by atoms with van der Waals surface area (Å²) in [5.41, 5.74) is 1.21. The molecule has 2 saturated heterocycles. The molecule has 0 aromatic heterocycles. The number of ketones is 1. The SMILES string of the molecule is O=C(CCCCOc1cc(Br)c2c(c1)C=C([N+](=O)[O-])C(c1ccc(Br)cc1)O2)CCCCC1SC[C@@H]2NC(=O)N[C@H]12. The van der Waals surface area contributed by atoms with E-state index in [2.05, 4.69) is 42.5 Å². The number of carbonyl (C=O) groups excluding carboxylic acids is 2. The van der Waals surface area contributed by atoms with E-state index >= 15 is 0 Å². The Hall–Kier alpha value is -2.57. The van der Waals surface area contributed by atoms with Crippen molar-refractivity contribution < 1.29 is 24.0 Å². The van der Waals surface area contributed by atoms with Crippen molar-refractivity contribution in [3.63, 3.8) is 0 Å². The fraction of sp³-hybridized carbons (Fsp3) is 0.448. The maximum Gasteiger partial charge on any atom is 0.315 e. The van der Waals surface area contributed by atoms with Gasteiger partial charge in [0.1, 0.15) is 17.3 Å². The number of nitrogens with zero attached hydrogens (tertiary/aromatic N) is 1. The Morgan fingerprint density at radius 1 is 1.10 bits per heavy atom. The average Bonchev–Trinajstić information content (AvgIpc) is 3.50. The Labute approximate surface area is 259 Å². The van der Waals surface area contributed by atoms with Crippen LogP contribution in [0.2, 0.25) is 0 Å². The summed E-state index contributed by atoms with van der Waals surface area (Å²) in [5.74, 6) is 2.32. The molecule has 0 radical (unpaired) electrons. The van der Waals surface area contributed by atoms with Crippen molar-refractivity contribution in [3.05, 3.63) is 72.3 Å². The minimum Gasteiger partial charge on any atom is -0.494 e. The summed E-state index contributed by atoms with van der Waals surface area (Å²) in [6.45, 7) is 0.438. The Bertz CT molecular complexity index is 1340. The number of urea groups is 1. The molecule has 12 heteroatoms. The standard InChI is InChI=1S/C29H31Br2N3O6S/c30-19-10-8-17(9-11-19)28-24(34(37)38)14-18-13-21(15-22(31)27(18)40-28)39-12-4-3-6-20(35)5-1-2-7-25-26-23(16-41-25)32-29(36)33-26/h8-11,13-15,23,25-26,28H,1-7,12,16H2,(H2,32,33,36)/t23-,25?,26-,28?/m0/s1. The lowest BCUT2D eigenvalue weighted by molar-refractivity contribution is -0.434. The lowest BCUT2D eigenvalue weighted by atomic mass is 10.0. The predicted molar refractivity (Wildman–Crippen MR) is 165 cm³/mol. The third-order valence-electron chi connectivity index (χ3n) is 7.49. The molecule has 0 bridgehead atoms. The number of hydrogen-bond acceptors (Lipinski definition) is 7. The number of fused-ring (bicyclic) bond motifs is 2. The Morgan fingerprint density at radius 3 is 2.61 bits per heavy atom. The van der Waals surface area contributed by atoms with Crippen LogP contribution in [-0.2, 0) is 4.79 Å². The second kappa shape index (κ2) is 13.6. The average molecular weight is 709 g/mol. The molecular formula is C29H31Br2N3O6S. The zero-order chi connectivity index (χ0) is 28.9. The van der Waals surface area contributed by atoms with Crippen LogP contribution in [0.5, 0.6) is 11.5 Å². The number of rotatable bonds is 13. The van der Waals surface area contributed by atoms with Gasteiger partial charge in [0.05, 0.1) is 28.1 Å². The first-order chi connectivity index (χ1) is 19.8. The molecule has 2 amide bonds. The Morgan fingerprint density at radius 2 is 1.85 bits per heavy atom. The molecule has 3 aliphatic heterocycles. The minimum absolute atomic E-state index is 0.0455. The van der Waals surface area contributed by atoms with Gasteiger partial charge in [-0.2, -0.15) is 11.8 Å². The first kappa shape index (κ1) is 29.9. The smallest absolute Gasteiger partial charge is 0.315 e. The summed E-state index contributed by atoms with van der Waals surface area (Å²) in [6.07, 6.45) is 6.17. The van der Waals surface area contributed by atoms with Crippen LogP contribution >= 0.6 is 43.6 Å². The second-order valence-electron chi connectivity index (χ2n) is 10.4. The van der Waals surface area contributed by atoms with Crippen LogP contribution in [0.3, 0.4) is 0 Å². The zero-order valence-corrected chi connectivity index (χ0v) is 26.3. The fourth-order valence-electron chi connectivity index (χ4n) is 5.39. The number of unbranched alkanes of at least 4 members (excludes halogenated alkanes) is 2. The Balaban J connectivity index is 1.04. The van der Waals surface area contributed by atoms with Crippen molar-refractivity contribution in [1.29, 1.82) is 0 Å². The molecule has 0 aliphatic carbocycles. The van der Waals surface area contributed by atoms with Crippen LogP contribution in [0, 0.1) is 10.1 Å². The first-order valence-corrected chi connectivity index (χ1v) is 16.4. The molecule has 9 nitrogen and oxygen atoms in total. The van der Waals surface area contributed by atoms with Crippen molar-refractivity contribution in [2.75, 3.05) is 12.4 Å².